The number of alkyl halides is 2. The van der Waals surface area contributed by atoms with Crippen molar-refractivity contribution in [1.82, 2.24) is 0 Å². The van der Waals surface area contributed by atoms with Crippen molar-refractivity contribution in [3.8, 4) is 11.1 Å². The molecule has 0 amide bonds. The minimum absolute atomic E-state index is 0. The second kappa shape index (κ2) is 11.1. The molecular formula is C27H32Cl2Ti. The van der Waals surface area contributed by atoms with Gasteiger partial charge >= 0.3 is 21.7 Å². The van der Waals surface area contributed by atoms with Crippen LogP contribution in [0, 0.1) is 16.9 Å². The van der Waals surface area contributed by atoms with Crippen LogP contribution in [0.3, 0.4) is 0 Å². The van der Waals surface area contributed by atoms with Crippen LogP contribution in [0.5, 0.6) is 0 Å². The monoisotopic (exact) mass is 474 g/mol. The molecule has 1 aliphatic rings. The van der Waals surface area contributed by atoms with Gasteiger partial charge in [0, 0.05) is 0 Å². The van der Waals surface area contributed by atoms with Gasteiger partial charge in [-0.15, -0.1) is 28.8 Å². The van der Waals surface area contributed by atoms with Gasteiger partial charge in [-0.25, -0.2) is 12.1 Å². The number of rotatable bonds is 0. The summed E-state index contributed by atoms with van der Waals surface area (Å²) in [7, 11) is 0. The van der Waals surface area contributed by atoms with E-state index < -0.39 is 4.33 Å². The van der Waals surface area contributed by atoms with Crippen LogP contribution >= 0.6 is 23.2 Å². The first-order chi connectivity index (χ1) is 13.4. The molecule has 0 atom stereocenters. The molecule has 0 N–H and O–H groups in total. The van der Waals surface area contributed by atoms with E-state index in [1.165, 1.54) is 22.3 Å². The van der Waals surface area contributed by atoms with E-state index in [0.717, 1.165) is 6.42 Å². The van der Waals surface area contributed by atoms with Crippen LogP contribution in [-0.4, -0.2) is 4.33 Å². The van der Waals surface area contributed by atoms with Gasteiger partial charge < -0.3 is 0 Å². The van der Waals surface area contributed by atoms with E-state index in [2.05, 4.69) is 84.0 Å². The number of hydrogen-bond donors (Lipinski definition) is 0. The van der Waals surface area contributed by atoms with Gasteiger partial charge in [0.05, 0.1) is 0 Å². The van der Waals surface area contributed by atoms with E-state index in [1.807, 2.05) is 36.4 Å². The quantitative estimate of drug-likeness (QED) is 0.136. The fourth-order valence-electron chi connectivity index (χ4n) is 3.44. The first-order valence-corrected chi connectivity index (χ1v) is 10.8. The summed E-state index contributed by atoms with van der Waals surface area (Å²) in [6.07, 6.45) is 1.05. The van der Waals surface area contributed by atoms with E-state index in [-0.39, 0.29) is 32.5 Å². The summed E-state index contributed by atoms with van der Waals surface area (Å²) >= 11 is 12.5. The molecule has 3 aromatic rings. The molecule has 158 valence electrons. The molecule has 0 aliphatic heterocycles. The maximum Gasteiger partial charge on any atom is 2.00 e. The third kappa shape index (κ3) is 6.79. The molecule has 0 saturated carbocycles. The molecule has 30 heavy (non-hydrogen) atoms. The molecular weight excluding hydrogens is 443 g/mol. The number of hydrogen-bond acceptors (Lipinski definition) is 0. The smallest absolute Gasteiger partial charge is 0.214 e. The van der Waals surface area contributed by atoms with Gasteiger partial charge in [-0.2, -0.15) is 48.0 Å². The van der Waals surface area contributed by atoms with Crippen LogP contribution in [0.25, 0.3) is 11.1 Å². The van der Waals surface area contributed by atoms with Crippen molar-refractivity contribution in [3.63, 3.8) is 0 Å². The average Bonchev–Trinajstić information content (AvgIpc) is 3.32. The Balaban J connectivity index is 0.000000241. The van der Waals surface area contributed by atoms with Gasteiger partial charge in [0.2, 0.25) is 0 Å². The minimum atomic E-state index is -0.681. The summed E-state index contributed by atoms with van der Waals surface area (Å²) in [4.78, 5) is 0. The van der Waals surface area contributed by atoms with E-state index in [1.54, 1.807) is 0 Å². The van der Waals surface area contributed by atoms with E-state index in [9.17, 15) is 0 Å². The Labute approximate surface area is 208 Å². The maximum absolute atomic E-state index is 6.25. The summed E-state index contributed by atoms with van der Waals surface area (Å²) < 4.78 is -0.681. The maximum atomic E-state index is 6.25. The molecule has 0 radical (unpaired) electrons. The Hall–Kier alpha value is -0.916. The van der Waals surface area contributed by atoms with E-state index in [0.29, 0.717) is 0 Å². The number of halogens is 2. The van der Waals surface area contributed by atoms with Crippen LogP contribution in [0.2, 0.25) is 0 Å². The van der Waals surface area contributed by atoms with Crippen LogP contribution < -0.4 is 0 Å². The minimum Gasteiger partial charge on any atom is -0.214 e. The zero-order chi connectivity index (χ0) is 21.7. The fourth-order valence-corrected chi connectivity index (χ4v) is 3.44. The summed E-state index contributed by atoms with van der Waals surface area (Å²) in [6.45, 7) is 12.3. The molecule has 4 rings (SSSR count). The fraction of sp³-hybridized carbons (Fsp3) is 0.370. The Kier molecular flexibility index (Phi) is 10.0. The Morgan fingerprint density at radius 2 is 1.30 bits per heavy atom. The van der Waals surface area contributed by atoms with Gasteiger partial charge in [0.25, 0.3) is 0 Å². The zero-order valence-corrected chi connectivity index (χ0v) is 22.0. The Morgan fingerprint density at radius 3 is 1.77 bits per heavy atom. The zero-order valence-electron chi connectivity index (χ0n) is 18.9. The molecule has 0 aromatic heterocycles. The van der Waals surface area contributed by atoms with Crippen LogP contribution in [0.15, 0.2) is 72.8 Å². The molecule has 0 spiro atoms. The van der Waals surface area contributed by atoms with Crippen LogP contribution in [-0.2, 0) is 28.1 Å². The van der Waals surface area contributed by atoms with Gasteiger partial charge in [-0.05, 0) is 17.3 Å². The Morgan fingerprint density at radius 1 is 0.767 bits per heavy atom. The SMILES string of the molecule is CC(C)(C)C(Cl)(Cl)C(C)(C)C.[Ti+2].[c-]1cccc2c1Cc1ccccc1-2.c1cc[cH-]c1. The van der Waals surface area contributed by atoms with Gasteiger partial charge in [-0.3, -0.25) is 0 Å². The van der Waals surface area contributed by atoms with Crippen molar-refractivity contribution in [3.05, 3.63) is 90.0 Å². The molecule has 0 unspecified atom stereocenters. The van der Waals surface area contributed by atoms with Crippen LogP contribution in [0.4, 0.5) is 0 Å². The third-order valence-electron chi connectivity index (χ3n) is 5.06. The predicted octanol–water partition coefficient (Wildman–Crippen LogP) is 8.71. The third-order valence-corrected chi connectivity index (χ3v) is 7.32. The Bertz CT molecular complexity index is 805. The molecule has 0 bridgehead atoms. The van der Waals surface area contributed by atoms with Crippen molar-refractivity contribution in [2.75, 3.05) is 0 Å². The summed E-state index contributed by atoms with van der Waals surface area (Å²) in [5.74, 6) is 0. The van der Waals surface area contributed by atoms with Crippen molar-refractivity contribution in [2.45, 2.75) is 52.3 Å². The van der Waals surface area contributed by atoms with Gasteiger partial charge in [0.1, 0.15) is 4.33 Å². The molecule has 0 saturated heterocycles. The second-order valence-corrected chi connectivity index (χ2v) is 10.8. The van der Waals surface area contributed by atoms with Gasteiger partial charge in [0.15, 0.2) is 0 Å². The van der Waals surface area contributed by atoms with Crippen molar-refractivity contribution in [2.24, 2.45) is 10.8 Å². The van der Waals surface area contributed by atoms with Crippen LogP contribution in [0.1, 0.15) is 52.7 Å². The molecule has 1 aliphatic carbocycles. The molecule has 3 aromatic carbocycles. The van der Waals surface area contributed by atoms with E-state index >= 15 is 0 Å². The van der Waals surface area contributed by atoms with Crippen molar-refractivity contribution >= 4 is 23.2 Å². The molecule has 0 nitrogen and oxygen atoms in total. The molecule has 0 heterocycles. The predicted molar refractivity (Wildman–Crippen MR) is 129 cm³/mol. The first kappa shape index (κ1) is 27.1. The largest absolute Gasteiger partial charge is 2.00 e. The average molecular weight is 475 g/mol. The first-order valence-electron chi connectivity index (χ1n) is 10.1. The molecule has 3 heteroatoms. The normalized spacial score (nSPS) is 12.3. The van der Waals surface area contributed by atoms with Gasteiger partial charge in [-0.1, -0.05) is 76.9 Å². The standard InChI is InChI=1S/C13H9.C9H18Cl2.C5H5.Ti/c1-3-7-12-10(5-1)9-11-6-2-4-8-13(11)12;1-7(2,3)9(10,11)8(4,5)6;1-2-4-5-3-1;/h1-5,7-8H,9H2;1-6H3;1-5H;/q-1;;-1;+2. The number of fused-ring (bicyclic) bond motifs is 3. The topological polar surface area (TPSA) is 0 Å². The van der Waals surface area contributed by atoms with Crippen molar-refractivity contribution in [1.29, 1.82) is 0 Å². The summed E-state index contributed by atoms with van der Waals surface area (Å²) in [5.41, 5.74) is 5.33. The summed E-state index contributed by atoms with van der Waals surface area (Å²) in [5, 5.41) is 0. The summed E-state index contributed by atoms with van der Waals surface area (Å²) in [6, 6.07) is 28.1. The van der Waals surface area contributed by atoms with E-state index in [4.69, 9.17) is 23.2 Å². The second-order valence-electron chi connectivity index (χ2n) is 9.43. The number of benzene rings is 2. The molecule has 0 fully saturated rings. The van der Waals surface area contributed by atoms with Crippen molar-refractivity contribution < 1.29 is 21.7 Å².